The number of aromatic nitrogens is 1. The van der Waals surface area contributed by atoms with Gasteiger partial charge in [-0.25, -0.2) is 0 Å². The van der Waals surface area contributed by atoms with Gasteiger partial charge in [0.05, 0.1) is 6.54 Å². The first-order valence-electron chi connectivity index (χ1n) is 8.83. The average molecular weight is 347 g/mol. The summed E-state index contributed by atoms with van der Waals surface area (Å²) in [6.45, 7) is 3.15. The monoisotopic (exact) mass is 347 g/mol. The van der Waals surface area contributed by atoms with Crippen LogP contribution in [0, 0.1) is 6.92 Å². The standard InChI is InChI=1S/C21H21N3O2/c1-14-6-2-3-7-15(14)21(26)22-12-20(25)24-11-10-19-17(13-24)16-8-4-5-9-18(16)23-19/h2-9,23H,10-13H2,1H3,(H,22,26). The van der Waals surface area contributed by atoms with Gasteiger partial charge in [0.1, 0.15) is 0 Å². The molecule has 2 amide bonds. The fourth-order valence-electron chi connectivity index (χ4n) is 3.57. The van der Waals surface area contributed by atoms with Crippen LogP contribution < -0.4 is 5.32 Å². The SMILES string of the molecule is Cc1ccccc1C(=O)NCC(=O)N1CCc2[nH]c3ccccc3c2C1. The Balaban J connectivity index is 1.43. The van der Waals surface area contributed by atoms with Gasteiger partial charge in [0.15, 0.2) is 0 Å². The molecule has 5 nitrogen and oxygen atoms in total. The molecule has 132 valence electrons. The lowest BCUT2D eigenvalue weighted by molar-refractivity contribution is -0.131. The van der Waals surface area contributed by atoms with Crippen molar-refractivity contribution in [3.05, 3.63) is 70.9 Å². The van der Waals surface area contributed by atoms with Gasteiger partial charge in [-0.1, -0.05) is 36.4 Å². The highest BCUT2D eigenvalue weighted by Crippen LogP contribution is 2.27. The average Bonchev–Trinajstić information content (AvgIpc) is 3.04. The number of benzene rings is 2. The number of hydrogen-bond acceptors (Lipinski definition) is 2. The molecule has 3 aromatic rings. The van der Waals surface area contributed by atoms with Gasteiger partial charge in [0.2, 0.25) is 5.91 Å². The molecule has 2 N–H and O–H groups in total. The number of rotatable bonds is 3. The summed E-state index contributed by atoms with van der Waals surface area (Å²) in [5.74, 6) is -0.260. The van der Waals surface area contributed by atoms with E-state index in [0.29, 0.717) is 18.7 Å². The lowest BCUT2D eigenvalue weighted by atomic mass is 10.0. The molecule has 1 aliphatic heterocycles. The molecule has 5 heteroatoms. The molecule has 0 bridgehead atoms. The fraction of sp³-hybridized carbons (Fsp3) is 0.238. The highest BCUT2D eigenvalue weighted by atomic mass is 16.2. The van der Waals surface area contributed by atoms with Gasteiger partial charge >= 0.3 is 0 Å². The minimum Gasteiger partial charge on any atom is -0.358 e. The van der Waals surface area contributed by atoms with E-state index < -0.39 is 0 Å². The van der Waals surface area contributed by atoms with E-state index in [1.165, 1.54) is 16.6 Å². The van der Waals surface area contributed by atoms with Crippen LogP contribution in [0.3, 0.4) is 0 Å². The van der Waals surface area contributed by atoms with Crippen LogP contribution >= 0.6 is 0 Å². The summed E-state index contributed by atoms with van der Waals surface area (Å²) in [7, 11) is 0. The second-order valence-corrected chi connectivity index (χ2v) is 6.69. The molecule has 1 aromatic heterocycles. The number of nitrogens with zero attached hydrogens (tertiary/aromatic N) is 1. The summed E-state index contributed by atoms with van der Waals surface area (Å²) >= 11 is 0. The minimum atomic E-state index is -0.207. The van der Waals surface area contributed by atoms with Crippen molar-refractivity contribution in [2.24, 2.45) is 0 Å². The van der Waals surface area contributed by atoms with E-state index in [1.807, 2.05) is 42.2 Å². The number of para-hydroxylation sites is 1. The number of amides is 2. The second-order valence-electron chi connectivity index (χ2n) is 6.69. The third-order valence-corrected chi connectivity index (χ3v) is 5.03. The lowest BCUT2D eigenvalue weighted by Gasteiger charge is -2.27. The Morgan fingerprint density at radius 3 is 2.73 bits per heavy atom. The molecule has 0 saturated heterocycles. The maximum Gasteiger partial charge on any atom is 0.251 e. The predicted molar refractivity (Wildman–Crippen MR) is 101 cm³/mol. The van der Waals surface area contributed by atoms with Crippen LogP contribution in [0.2, 0.25) is 0 Å². The molecule has 4 rings (SSSR count). The van der Waals surface area contributed by atoms with Crippen molar-refractivity contribution < 1.29 is 9.59 Å². The Morgan fingerprint density at radius 1 is 1.12 bits per heavy atom. The second kappa shape index (κ2) is 6.67. The van der Waals surface area contributed by atoms with Crippen LogP contribution in [0.5, 0.6) is 0 Å². The van der Waals surface area contributed by atoms with E-state index in [-0.39, 0.29) is 18.4 Å². The molecule has 0 fully saturated rings. The van der Waals surface area contributed by atoms with Gasteiger partial charge in [-0.3, -0.25) is 9.59 Å². The van der Waals surface area contributed by atoms with Gasteiger partial charge in [-0.05, 0) is 24.6 Å². The summed E-state index contributed by atoms with van der Waals surface area (Å²) in [6.07, 6.45) is 0.807. The zero-order chi connectivity index (χ0) is 18.1. The Labute approximate surface area is 152 Å². The third-order valence-electron chi connectivity index (χ3n) is 5.03. The zero-order valence-corrected chi connectivity index (χ0v) is 14.7. The Morgan fingerprint density at radius 2 is 1.88 bits per heavy atom. The van der Waals surface area contributed by atoms with Crippen LogP contribution in [0.1, 0.15) is 27.2 Å². The van der Waals surface area contributed by atoms with E-state index in [4.69, 9.17) is 0 Å². The summed E-state index contributed by atoms with van der Waals surface area (Å²) in [5.41, 5.74) is 5.01. The first kappa shape index (κ1) is 16.4. The topological polar surface area (TPSA) is 65.2 Å². The molecule has 1 aliphatic rings. The molecular weight excluding hydrogens is 326 g/mol. The number of hydrogen-bond donors (Lipinski definition) is 2. The Hall–Kier alpha value is -3.08. The normalized spacial score (nSPS) is 13.5. The quantitative estimate of drug-likeness (QED) is 0.765. The van der Waals surface area contributed by atoms with Crippen molar-refractivity contribution in [2.75, 3.05) is 13.1 Å². The van der Waals surface area contributed by atoms with Crippen LogP contribution in [-0.4, -0.2) is 34.8 Å². The van der Waals surface area contributed by atoms with E-state index in [1.54, 1.807) is 6.07 Å². The molecule has 0 unspecified atom stereocenters. The number of aryl methyl sites for hydroxylation is 1. The minimum absolute atomic E-state index is 0.0187. The molecule has 2 heterocycles. The molecule has 0 radical (unpaired) electrons. The molecule has 0 atom stereocenters. The number of H-pyrrole nitrogens is 1. The number of fused-ring (bicyclic) bond motifs is 3. The Kier molecular flexibility index (Phi) is 4.21. The first-order valence-corrected chi connectivity index (χ1v) is 8.83. The largest absolute Gasteiger partial charge is 0.358 e. The highest BCUT2D eigenvalue weighted by Gasteiger charge is 2.24. The van der Waals surface area contributed by atoms with Crippen molar-refractivity contribution in [1.82, 2.24) is 15.2 Å². The highest BCUT2D eigenvalue weighted by molar-refractivity contribution is 5.97. The smallest absolute Gasteiger partial charge is 0.251 e. The number of aromatic amines is 1. The summed E-state index contributed by atoms with van der Waals surface area (Å²) < 4.78 is 0. The molecule has 26 heavy (non-hydrogen) atoms. The first-order chi connectivity index (χ1) is 12.6. The van der Waals surface area contributed by atoms with Gasteiger partial charge in [-0.15, -0.1) is 0 Å². The van der Waals surface area contributed by atoms with Crippen molar-refractivity contribution in [3.63, 3.8) is 0 Å². The third kappa shape index (κ3) is 2.96. The van der Waals surface area contributed by atoms with Crippen LogP contribution in [0.4, 0.5) is 0 Å². The van der Waals surface area contributed by atoms with Crippen LogP contribution in [-0.2, 0) is 17.8 Å². The fourth-order valence-corrected chi connectivity index (χ4v) is 3.57. The molecule has 0 aliphatic carbocycles. The lowest BCUT2D eigenvalue weighted by Crippen LogP contribution is -2.42. The predicted octanol–water partition coefficient (Wildman–Crippen LogP) is 2.79. The number of nitrogens with one attached hydrogen (secondary N) is 2. The van der Waals surface area contributed by atoms with Gasteiger partial charge in [0.25, 0.3) is 5.91 Å². The maximum atomic E-state index is 12.6. The summed E-state index contributed by atoms with van der Waals surface area (Å²) in [6, 6.07) is 15.5. The summed E-state index contributed by atoms with van der Waals surface area (Å²) in [5, 5.41) is 3.92. The zero-order valence-electron chi connectivity index (χ0n) is 14.7. The molecule has 2 aromatic carbocycles. The van der Waals surface area contributed by atoms with Crippen molar-refractivity contribution >= 4 is 22.7 Å². The van der Waals surface area contributed by atoms with E-state index in [9.17, 15) is 9.59 Å². The maximum absolute atomic E-state index is 12.6. The molecule has 0 saturated carbocycles. The van der Waals surface area contributed by atoms with E-state index in [2.05, 4.69) is 22.4 Å². The van der Waals surface area contributed by atoms with Gasteiger partial charge in [-0.2, -0.15) is 0 Å². The van der Waals surface area contributed by atoms with Crippen molar-refractivity contribution in [2.45, 2.75) is 19.9 Å². The number of carbonyl (C=O) groups is 2. The van der Waals surface area contributed by atoms with Crippen LogP contribution in [0.25, 0.3) is 10.9 Å². The Bertz CT molecular complexity index is 990. The molecular formula is C21H21N3O2. The van der Waals surface area contributed by atoms with Crippen LogP contribution in [0.15, 0.2) is 48.5 Å². The van der Waals surface area contributed by atoms with Crippen molar-refractivity contribution in [3.8, 4) is 0 Å². The van der Waals surface area contributed by atoms with Gasteiger partial charge < -0.3 is 15.2 Å². The van der Waals surface area contributed by atoms with Crippen molar-refractivity contribution in [1.29, 1.82) is 0 Å². The summed E-state index contributed by atoms with van der Waals surface area (Å²) in [4.78, 5) is 30.2. The van der Waals surface area contributed by atoms with E-state index >= 15 is 0 Å². The number of carbonyl (C=O) groups excluding carboxylic acids is 2. The molecule has 0 spiro atoms. The van der Waals surface area contributed by atoms with Gasteiger partial charge in [0, 0.05) is 47.2 Å². The van der Waals surface area contributed by atoms with E-state index in [0.717, 1.165) is 17.5 Å².